The maximum absolute atomic E-state index is 12.5. The van der Waals surface area contributed by atoms with Gasteiger partial charge < -0.3 is 10.1 Å². The molecule has 0 spiro atoms. The van der Waals surface area contributed by atoms with Crippen molar-refractivity contribution < 1.29 is 14.5 Å². The predicted octanol–water partition coefficient (Wildman–Crippen LogP) is 4.25. The summed E-state index contributed by atoms with van der Waals surface area (Å²) in [6, 6.07) is 9.80. The minimum absolute atomic E-state index is 0.00956. The number of carbonyl (C=O) groups excluding carboxylic acids is 1. The van der Waals surface area contributed by atoms with E-state index in [0.717, 1.165) is 0 Å². The monoisotopic (exact) mass is 328 g/mol. The van der Waals surface area contributed by atoms with Crippen molar-refractivity contribution in [1.29, 1.82) is 0 Å². The number of hydrogen-bond donors (Lipinski definition) is 1. The fourth-order valence-electron chi connectivity index (χ4n) is 2.41. The number of ether oxygens (including phenoxy) is 1. The Morgan fingerprint density at radius 3 is 2.33 bits per heavy atom. The molecule has 0 heterocycles. The highest BCUT2D eigenvalue weighted by Gasteiger charge is 2.15. The molecule has 0 unspecified atom stereocenters. The fourth-order valence-corrected chi connectivity index (χ4v) is 2.41. The maximum atomic E-state index is 12.5. The SMILES string of the molecule is Cc1cc([N+](=O)[O-])cc(C)c1NC(=O)c1cccc(OC(C)C)c1. The van der Waals surface area contributed by atoms with E-state index in [2.05, 4.69) is 5.32 Å². The predicted molar refractivity (Wildman–Crippen MR) is 92.7 cm³/mol. The van der Waals surface area contributed by atoms with Crippen molar-refractivity contribution in [1.82, 2.24) is 0 Å². The number of benzene rings is 2. The van der Waals surface area contributed by atoms with Crippen LogP contribution in [-0.4, -0.2) is 16.9 Å². The Labute approximate surface area is 140 Å². The molecular formula is C18H20N2O4. The summed E-state index contributed by atoms with van der Waals surface area (Å²) in [6.45, 7) is 7.29. The second kappa shape index (κ2) is 7.12. The number of aryl methyl sites for hydroxylation is 2. The molecule has 0 saturated carbocycles. The molecule has 2 aromatic carbocycles. The van der Waals surface area contributed by atoms with Crippen LogP contribution in [0.1, 0.15) is 35.3 Å². The number of amides is 1. The molecule has 0 atom stereocenters. The van der Waals surface area contributed by atoms with Crippen molar-refractivity contribution in [3.8, 4) is 5.75 Å². The van der Waals surface area contributed by atoms with Crippen LogP contribution >= 0.6 is 0 Å². The van der Waals surface area contributed by atoms with Crippen molar-refractivity contribution in [2.75, 3.05) is 5.32 Å². The molecule has 0 aliphatic heterocycles. The van der Waals surface area contributed by atoms with Crippen LogP contribution in [0.15, 0.2) is 36.4 Å². The molecule has 0 bridgehead atoms. The first-order chi connectivity index (χ1) is 11.3. The van der Waals surface area contributed by atoms with Gasteiger partial charge in [-0.25, -0.2) is 0 Å². The molecule has 2 aromatic rings. The number of nitrogens with zero attached hydrogens (tertiary/aromatic N) is 1. The average molecular weight is 328 g/mol. The lowest BCUT2D eigenvalue weighted by Crippen LogP contribution is -2.14. The molecule has 6 heteroatoms. The third kappa shape index (κ3) is 4.10. The summed E-state index contributed by atoms with van der Waals surface area (Å²) < 4.78 is 5.59. The zero-order valence-electron chi connectivity index (χ0n) is 14.1. The van der Waals surface area contributed by atoms with E-state index in [9.17, 15) is 14.9 Å². The summed E-state index contributed by atoms with van der Waals surface area (Å²) in [5.74, 6) is 0.332. The van der Waals surface area contributed by atoms with Gasteiger partial charge in [0, 0.05) is 23.4 Å². The van der Waals surface area contributed by atoms with E-state index in [4.69, 9.17) is 4.74 Å². The second-order valence-electron chi connectivity index (χ2n) is 5.86. The zero-order valence-corrected chi connectivity index (χ0v) is 14.1. The molecule has 2 rings (SSSR count). The van der Waals surface area contributed by atoms with Gasteiger partial charge in [-0.3, -0.25) is 14.9 Å². The molecule has 0 aliphatic carbocycles. The molecule has 0 radical (unpaired) electrons. The minimum atomic E-state index is -0.446. The fraction of sp³-hybridized carbons (Fsp3) is 0.278. The van der Waals surface area contributed by atoms with Gasteiger partial charge in [0.05, 0.1) is 11.0 Å². The van der Waals surface area contributed by atoms with E-state index in [0.29, 0.717) is 28.1 Å². The first-order valence-corrected chi connectivity index (χ1v) is 7.61. The van der Waals surface area contributed by atoms with Gasteiger partial charge in [-0.1, -0.05) is 6.07 Å². The van der Waals surface area contributed by atoms with Crippen LogP contribution in [0, 0.1) is 24.0 Å². The quantitative estimate of drug-likeness (QED) is 0.657. The van der Waals surface area contributed by atoms with Crippen LogP contribution in [0.4, 0.5) is 11.4 Å². The molecule has 126 valence electrons. The standard InChI is InChI=1S/C18H20N2O4/c1-11(2)24-16-7-5-6-14(10-16)18(21)19-17-12(3)8-15(20(22)23)9-13(17)4/h5-11H,1-4H3,(H,19,21). The van der Waals surface area contributed by atoms with Crippen molar-refractivity contribution >= 4 is 17.3 Å². The van der Waals surface area contributed by atoms with Gasteiger partial charge in [0.1, 0.15) is 5.75 Å². The summed E-state index contributed by atoms with van der Waals surface area (Å²) >= 11 is 0. The molecular weight excluding hydrogens is 308 g/mol. The van der Waals surface area contributed by atoms with Crippen LogP contribution in [0.25, 0.3) is 0 Å². The lowest BCUT2D eigenvalue weighted by molar-refractivity contribution is -0.384. The van der Waals surface area contributed by atoms with Crippen molar-refractivity contribution in [3.05, 3.63) is 63.2 Å². The number of hydrogen-bond acceptors (Lipinski definition) is 4. The Bertz CT molecular complexity index is 761. The molecule has 0 fully saturated rings. The number of non-ortho nitro benzene ring substituents is 1. The van der Waals surface area contributed by atoms with Gasteiger partial charge in [0.2, 0.25) is 0 Å². The molecule has 0 saturated heterocycles. The summed E-state index contributed by atoms with van der Waals surface area (Å²) in [4.78, 5) is 22.9. The summed E-state index contributed by atoms with van der Waals surface area (Å²) in [6.07, 6.45) is 0.0162. The highest BCUT2D eigenvalue weighted by molar-refractivity contribution is 6.05. The van der Waals surface area contributed by atoms with Gasteiger partial charge in [-0.05, 0) is 57.0 Å². The minimum Gasteiger partial charge on any atom is -0.491 e. The highest BCUT2D eigenvalue weighted by atomic mass is 16.6. The maximum Gasteiger partial charge on any atom is 0.270 e. The topological polar surface area (TPSA) is 81.5 Å². The lowest BCUT2D eigenvalue weighted by atomic mass is 10.1. The van der Waals surface area contributed by atoms with E-state index < -0.39 is 4.92 Å². The number of nitrogens with one attached hydrogen (secondary N) is 1. The van der Waals surface area contributed by atoms with Crippen molar-refractivity contribution in [2.24, 2.45) is 0 Å². The van der Waals surface area contributed by atoms with E-state index in [1.165, 1.54) is 12.1 Å². The highest BCUT2D eigenvalue weighted by Crippen LogP contribution is 2.27. The summed E-state index contributed by atoms with van der Waals surface area (Å²) in [7, 11) is 0. The van der Waals surface area contributed by atoms with Crippen LogP contribution < -0.4 is 10.1 Å². The Kier molecular flexibility index (Phi) is 5.18. The Hall–Kier alpha value is -2.89. The Morgan fingerprint density at radius 2 is 1.79 bits per heavy atom. The van der Waals surface area contributed by atoms with Gasteiger partial charge in [-0.15, -0.1) is 0 Å². The second-order valence-corrected chi connectivity index (χ2v) is 5.86. The van der Waals surface area contributed by atoms with E-state index in [-0.39, 0.29) is 17.7 Å². The largest absolute Gasteiger partial charge is 0.491 e. The average Bonchev–Trinajstić information content (AvgIpc) is 2.50. The first-order valence-electron chi connectivity index (χ1n) is 7.61. The van der Waals surface area contributed by atoms with Crippen LogP contribution in [0.3, 0.4) is 0 Å². The zero-order chi connectivity index (χ0) is 17.9. The van der Waals surface area contributed by atoms with Gasteiger partial charge in [0.25, 0.3) is 11.6 Å². The van der Waals surface area contributed by atoms with Gasteiger partial charge in [-0.2, -0.15) is 0 Å². The van der Waals surface area contributed by atoms with E-state index in [1.807, 2.05) is 13.8 Å². The van der Waals surface area contributed by atoms with Crippen LogP contribution in [0.5, 0.6) is 5.75 Å². The summed E-state index contributed by atoms with van der Waals surface area (Å²) in [5, 5.41) is 13.7. The number of carbonyl (C=O) groups is 1. The number of nitro benzene ring substituents is 1. The third-order valence-corrected chi connectivity index (χ3v) is 3.43. The Balaban J connectivity index is 2.25. The molecule has 1 N–H and O–H groups in total. The van der Waals surface area contributed by atoms with Gasteiger partial charge >= 0.3 is 0 Å². The Morgan fingerprint density at radius 1 is 1.17 bits per heavy atom. The molecule has 0 aromatic heterocycles. The van der Waals surface area contributed by atoms with Crippen LogP contribution in [-0.2, 0) is 0 Å². The van der Waals surface area contributed by atoms with Crippen molar-refractivity contribution in [2.45, 2.75) is 33.8 Å². The number of rotatable bonds is 5. The van der Waals surface area contributed by atoms with Gasteiger partial charge in [0.15, 0.2) is 0 Å². The molecule has 24 heavy (non-hydrogen) atoms. The van der Waals surface area contributed by atoms with Crippen LogP contribution in [0.2, 0.25) is 0 Å². The summed E-state index contributed by atoms with van der Waals surface area (Å²) in [5.41, 5.74) is 2.34. The van der Waals surface area contributed by atoms with E-state index in [1.54, 1.807) is 38.1 Å². The third-order valence-electron chi connectivity index (χ3n) is 3.43. The normalized spacial score (nSPS) is 10.5. The smallest absolute Gasteiger partial charge is 0.270 e. The molecule has 1 amide bonds. The number of anilines is 1. The molecule has 0 aliphatic rings. The van der Waals surface area contributed by atoms with Crippen molar-refractivity contribution in [3.63, 3.8) is 0 Å². The van der Waals surface area contributed by atoms with E-state index >= 15 is 0 Å². The lowest BCUT2D eigenvalue weighted by Gasteiger charge is -2.13. The first kappa shape index (κ1) is 17.5. The number of nitro groups is 1. The molecule has 6 nitrogen and oxygen atoms in total.